The Kier molecular flexibility index (Phi) is 3.01. The molecule has 0 fully saturated rings. The molecule has 2 rings (SSSR count). The molecule has 1 heterocycles. The van der Waals surface area contributed by atoms with Crippen molar-refractivity contribution in [1.29, 1.82) is 5.26 Å². The molecule has 0 radical (unpaired) electrons. The molecule has 72 valence electrons. The molecule has 0 unspecified atom stereocenters. The largest absolute Gasteiger partial charge is 0.265 e. The van der Waals surface area contributed by atoms with Crippen LogP contribution < -0.4 is 0 Å². The fourth-order valence-electron chi connectivity index (χ4n) is 1.14. The fourth-order valence-corrected chi connectivity index (χ4v) is 1.94. The third kappa shape index (κ3) is 2.58. The van der Waals surface area contributed by atoms with Gasteiger partial charge in [-0.15, -0.1) is 0 Å². The van der Waals surface area contributed by atoms with E-state index in [0.29, 0.717) is 5.56 Å². The molecular weight excluding hydrogens is 204 g/mol. The fraction of sp³-hybridized carbons (Fsp3) is 0. The molecule has 15 heavy (non-hydrogen) atoms. The van der Waals surface area contributed by atoms with Crippen molar-refractivity contribution in [1.82, 2.24) is 4.98 Å². The molecule has 0 aliphatic heterocycles. The maximum atomic E-state index is 8.65. The van der Waals surface area contributed by atoms with Gasteiger partial charge in [-0.25, -0.2) is 0 Å². The van der Waals surface area contributed by atoms with Gasteiger partial charge in [0.2, 0.25) is 0 Å². The van der Waals surface area contributed by atoms with Crippen LogP contribution in [0.15, 0.2) is 58.6 Å². The van der Waals surface area contributed by atoms with Crippen molar-refractivity contribution in [2.24, 2.45) is 0 Å². The van der Waals surface area contributed by atoms with Gasteiger partial charge in [0.05, 0.1) is 11.6 Å². The quantitative estimate of drug-likeness (QED) is 0.767. The van der Waals surface area contributed by atoms with Gasteiger partial charge in [0.25, 0.3) is 0 Å². The monoisotopic (exact) mass is 212 g/mol. The van der Waals surface area contributed by atoms with Gasteiger partial charge < -0.3 is 0 Å². The van der Waals surface area contributed by atoms with Crippen molar-refractivity contribution in [3.8, 4) is 6.07 Å². The molecule has 1 aromatic heterocycles. The number of aromatic nitrogens is 1. The molecule has 0 saturated carbocycles. The molecule has 1 aromatic carbocycles. The first-order valence-corrected chi connectivity index (χ1v) is 5.28. The second kappa shape index (κ2) is 4.63. The van der Waals surface area contributed by atoms with E-state index in [1.54, 1.807) is 24.2 Å². The van der Waals surface area contributed by atoms with Crippen molar-refractivity contribution in [2.45, 2.75) is 9.79 Å². The van der Waals surface area contributed by atoms with Gasteiger partial charge in [0, 0.05) is 22.2 Å². The molecule has 0 amide bonds. The van der Waals surface area contributed by atoms with E-state index in [1.165, 1.54) is 0 Å². The maximum Gasteiger partial charge on any atom is 0.0991 e. The van der Waals surface area contributed by atoms with E-state index < -0.39 is 0 Å². The SMILES string of the molecule is N#Cc1ccc(Sc2ccncc2)cc1. The molecule has 0 N–H and O–H groups in total. The Labute approximate surface area is 92.6 Å². The lowest BCUT2D eigenvalue weighted by atomic mass is 10.2. The van der Waals surface area contributed by atoms with Crippen LogP contribution in [0.25, 0.3) is 0 Å². The van der Waals surface area contributed by atoms with E-state index in [1.807, 2.05) is 36.4 Å². The lowest BCUT2D eigenvalue weighted by Crippen LogP contribution is -1.76. The summed E-state index contributed by atoms with van der Waals surface area (Å²) in [5.74, 6) is 0. The lowest BCUT2D eigenvalue weighted by molar-refractivity contribution is 1.26. The molecule has 2 aromatic rings. The first-order valence-electron chi connectivity index (χ1n) is 4.46. The zero-order valence-corrected chi connectivity index (χ0v) is 8.74. The Hall–Kier alpha value is -1.79. The summed E-state index contributed by atoms with van der Waals surface area (Å²) in [5.41, 5.74) is 0.689. The van der Waals surface area contributed by atoms with Crippen molar-refractivity contribution in [3.05, 3.63) is 54.4 Å². The average molecular weight is 212 g/mol. The van der Waals surface area contributed by atoms with Gasteiger partial charge in [-0.05, 0) is 36.4 Å². The molecule has 0 aliphatic carbocycles. The van der Waals surface area contributed by atoms with Crippen LogP contribution in [0.1, 0.15) is 5.56 Å². The van der Waals surface area contributed by atoms with Crippen LogP contribution >= 0.6 is 11.8 Å². The molecular formula is C12H8N2S. The van der Waals surface area contributed by atoms with Crippen LogP contribution in [0, 0.1) is 11.3 Å². The zero-order chi connectivity index (χ0) is 10.5. The predicted molar refractivity (Wildman–Crippen MR) is 59.5 cm³/mol. The molecule has 3 heteroatoms. The first kappa shape index (κ1) is 9.75. The lowest BCUT2D eigenvalue weighted by Gasteiger charge is -2.00. The number of pyridine rings is 1. The number of rotatable bonds is 2. The maximum absolute atomic E-state index is 8.65. The van der Waals surface area contributed by atoms with Gasteiger partial charge in [-0.3, -0.25) is 4.98 Å². The minimum absolute atomic E-state index is 0.689. The van der Waals surface area contributed by atoms with Crippen molar-refractivity contribution in [3.63, 3.8) is 0 Å². The third-order valence-corrected chi connectivity index (χ3v) is 2.88. The van der Waals surface area contributed by atoms with E-state index in [9.17, 15) is 0 Å². The number of nitriles is 1. The Morgan fingerprint density at radius 1 is 0.933 bits per heavy atom. The van der Waals surface area contributed by atoms with Crippen LogP contribution in [0.2, 0.25) is 0 Å². The summed E-state index contributed by atoms with van der Waals surface area (Å²) in [4.78, 5) is 6.23. The number of nitrogens with zero attached hydrogens (tertiary/aromatic N) is 2. The third-order valence-electron chi connectivity index (χ3n) is 1.87. The van der Waals surface area contributed by atoms with Crippen LogP contribution in [0.4, 0.5) is 0 Å². The average Bonchev–Trinajstić information content (AvgIpc) is 2.31. The number of hydrogen-bond donors (Lipinski definition) is 0. The van der Waals surface area contributed by atoms with E-state index >= 15 is 0 Å². The highest BCUT2D eigenvalue weighted by Gasteiger charge is 1.96. The minimum Gasteiger partial charge on any atom is -0.265 e. The van der Waals surface area contributed by atoms with E-state index in [2.05, 4.69) is 11.1 Å². The van der Waals surface area contributed by atoms with Crippen LogP contribution in [-0.2, 0) is 0 Å². The summed E-state index contributed by atoms with van der Waals surface area (Å²) < 4.78 is 0. The van der Waals surface area contributed by atoms with Crippen molar-refractivity contribution in [2.75, 3.05) is 0 Å². The summed E-state index contributed by atoms with van der Waals surface area (Å²) in [6.07, 6.45) is 3.54. The molecule has 0 saturated heterocycles. The summed E-state index contributed by atoms with van der Waals surface area (Å²) in [5, 5.41) is 8.65. The first-order chi connectivity index (χ1) is 7.38. The van der Waals surface area contributed by atoms with Gasteiger partial charge in [0.1, 0.15) is 0 Å². The molecule has 0 bridgehead atoms. The topological polar surface area (TPSA) is 36.7 Å². The molecule has 0 aliphatic rings. The van der Waals surface area contributed by atoms with Crippen molar-refractivity contribution < 1.29 is 0 Å². The van der Waals surface area contributed by atoms with Crippen LogP contribution in [-0.4, -0.2) is 4.98 Å². The standard InChI is InChI=1S/C12H8N2S/c13-9-10-1-3-11(4-2-10)15-12-5-7-14-8-6-12/h1-8H. The number of benzene rings is 1. The normalized spacial score (nSPS) is 9.53. The highest BCUT2D eigenvalue weighted by Crippen LogP contribution is 2.26. The Bertz CT molecular complexity index is 471. The van der Waals surface area contributed by atoms with Crippen LogP contribution in [0.3, 0.4) is 0 Å². The Morgan fingerprint density at radius 3 is 2.13 bits per heavy atom. The smallest absolute Gasteiger partial charge is 0.0991 e. The Balaban J connectivity index is 2.16. The molecule has 2 nitrogen and oxygen atoms in total. The molecule has 0 atom stereocenters. The van der Waals surface area contributed by atoms with Crippen molar-refractivity contribution >= 4 is 11.8 Å². The summed E-state index contributed by atoms with van der Waals surface area (Å²) in [6.45, 7) is 0. The van der Waals surface area contributed by atoms with Crippen LogP contribution in [0.5, 0.6) is 0 Å². The number of hydrogen-bond acceptors (Lipinski definition) is 3. The summed E-state index contributed by atoms with van der Waals surface area (Å²) in [6, 6.07) is 13.6. The minimum atomic E-state index is 0.689. The second-order valence-corrected chi connectivity index (χ2v) is 4.07. The predicted octanol–water partition coefficient (Wildman–Crippen LogP) is 3.10. The van der Waals surface area contributed by atoms with Gasteiger partial charge in [-0.2, -0.15) is 5.26 Å². The summed E-state index contributed by atoms with van der Waals surface area (Å²) >= 11 is 1.66. The Morgan fingerprint density at radius 2 is 1.53 bits per heavy atom. The second-order valence-electron chi connectivity index (χ2n) is 2.92. The summed E-state index contributed by atoms with van der Waals surface area (Å²) in [7, 11) is 0. The zero-order valence-electron chi connectivity index (χ0n) is 7.92. The van der Waals surface area contributed by atoms with Gasteiger partial charge >= 0.3 is 0 Å². The van der Waals surface area contributed by atoms with E-state index in [0.717, 1.165) is 9.79 Å². The van der Waals surface area contributed by atoms with E-state index in [4.69, 9.17) is 5.26 Å². The molecule has 0 spiro atoms. The van der Waals surface area contributed by atoms with Gasteiger partial charge in [-0.1, -0.05) is 11.8 Å². The highest BCUT2D eigenvalue weighted by atomic mass is 32.2. The van der Waals surface area contributed by atoms with Gasteiger partial charge in [0.15, 0.2) is 0 Å². The van der Waals surface area contributed by atoms with E-state index in [-0.39, 0.29) is 0 Å². The highest BCUT2D eigenvalue weighted by molar-refractivity contribution is 7.99.